The summed E-state index contributed by atoms with van der Waals surface area (Å²) < 4.78 is 39.3. The van der Waals surface area contributed by atoms with E-state index in [0.717, 1.165) is 22.0 Å². The number of rotatable bonds is 3. The van der Waals surface area contributed by atoms with Crippen LogP contribution < -0.4 is 4.90 Å². The molecular formula is C20H20BrFN2O2S2. The number of benzene rings is 2. The van der Waals surface area contributed by atoms with E-state index in [9.17, 15) is 12.8 Å². The highest BCUT2D eigenvalue weighted by atomic mass is 79.9. The summed E-state index contributed by atoms with van der Waals surface area (Å²) in [5.74, 6) is 0.355. The van der Waals surface area contributed by atoms with E-state index in [2.05, 4.69) is 26.9 Å². The van der Waals surface area contributed by atoms with Crippen molar-refractivity contribution < 1.29 is 12.8 Å². The monoisotopic (exact) mass is 482 g/mol. The Bertz CT molecular complexity index is 1070. The van der Waals surface area contributed by atoms with Crippen molar-refractivity contribution in [1.82, 2.24) is 0 Å². The maximum atomic E-state index is 14.2. The van der Waals surface area contributed by atoms with Gasteiger partial charge in [-0.1, -0.05) is 45.9 Å². The van der Waals surface area contributed by atoms with Crippen molar-refractivity contribution in [3.63, 3.8) is 0 Å². The Kier molecular flexibility index (Phi) is 5.31. The number of aliphatic imine (C=N–C) groups is 1. The van der Waals surface area contributed by atoms with Crippen molar-refractivity contribution in [3.05, 3.63) is 63.4 Å². The Morgan fingerprint density at radius 2 is 2.00 bits per heavy atom. The predicted molar refractivity (Wildman–Crippen MR) is 117 cm³/mol. The molecule has 2 atom stereocenters. The lowest BCUT2D eigenvalue weighted by Gasteiger charge is -2.28. The lowest BCUT2D eigenvalue weighted by Crippen LogP contribution is -2.39. The molecule has 0 bridgehead atoms. The van der Waals surface area contributed by atoms with E-state index in [1.807, 2.05) is 32.0 Å². The fourth-order valence-electron chi connectivity index (χ4n) is 3.67. The first-order chi connectivity index (χ1) is 13.2. The second-order valence-corrected chi connectivity index (χ2v) is 11.3. The van der Waals surface area contributed by atoms with Crippen LogP contribution in [0.3, 0.4) is 0 Å². The summed E-state index contributed by atoms with van der Waals surface area (Å²) >= 11 is 4.73. The molecule has 2 heterocycles. The average Bonchev–Trinajstić information content (AvgIpc) is 3.07. The summed E-state index contributed by atoms with van der Waals surface area (Å²) in [5, 5.41) is 0.765. The van der Waals surface area contributed by atoms with Crippen molar-refractivity contribution in [2.24, 2.45) is 4.99 Å². The van der Waals surface area contributed by atoms with E-state index in [0.29, 0.717) is 15.8 Å². The molecule has 1 saturated heterocycles. The van der Waals surface area contributed by atoms with Gasteiger partial charge in [0.05, 0.1) is 23.6 Å². The van der Waals surface area contributed by atoms with Gasteiger partial charge in [-0.2, -0.15) is 0 Å². The maximum absolute atomic E-state index is 14.2. The minimum Gasteiger partial charge on any atom is -0.315 e. The summed E-state index contributed by atoms with van der Waals surface area (Å²) in [5.41, 5.74) is 3.75. The molecule has 8 heteroatoms. The zero-order valence-electron chi connectivity index (χ0n) is 15.5. The molecule has 2 aliphatic heterocycles. The van der Waals surface area contributed by atoms with E-state index >= 15 is 0 Å². The lowest BCUT2D eigenvalue weighted by molar-refractivity contribution is 0.601. The zero-order valence-corrected chi connectivity index (χ0v) is 18.7. The number of halogens is 2. The molecule has 4 rings (SSSR count). The molecular weight excluding hydrogens is 463 g/mol. The molecule has 0 saturated carbocycles. The van der Waals surface area contributed by atoms with E-state index in [1.165, 1.54) is 17.8 Å². The normalized spacial score (nSPS) is 23.0. The van der Waals surface area contributed by atoms with Crippen LogP contribution in [0.2, 0.25) is 0 Å². The molecule has 0 N–H and O–H groups in total. The first-order valence-electron chi connectivity index (χ1n) is 8.95. The van der Waals surface area contributed by atoms with Gasteiger partial charge < -0.3 is 4.90 Å². The van der Waals surface area contributed by atoms with Crippen LogP contribution in [0.4, 0.5) is 10.1 Å². The smallest absolute Gasteiger partial charge is 0.164 e. The topological polar surface area (TPSA) is 49.7 Å². The quantitative estimate of drug-likeness (QED) is 0.646. The molecule has 2 aromatic carbocycles. The fraction of sp³-hybridized carbons (Fsp3) is 0.350. The Hall–Kier alpha value is -1.38. The number of nitrogens with zero attached hydrogens (tertiary/aromatic N) is 2. The zero-order chi connectivity index (χ0) is 20.1. The minimum absolute atomic E-state index is 0.0791. The van der Waals surface area contributed by atoms with E-state index < -0.39 is 9.84 Å². The van der Waals surface area contributed by atoms with Gasteiger partial charge in [0.15, 0.2) is 15.0 Å². The van der Waals surface area contributed by atoms with Gasteiger partial charge in [-0.05, 0) is 48.7 Å². The number of aryl methyl sites for hydroxylation is 2. The second-order valence-electron chi connectivity index (χ2n) is 7.31. The molecule has 2 aromatic rings. The highest BCUT2D eigenvalue weighted by Gasteiger charge is 2.47. The van der Waals surface area contributed by atoms with Gasteiger partial charge in [0.25, 0.3) is 0 Å². The molecule has 28 heavy (non-hydrogen) atoms. The van der Waals surface area contributed by atoms with Crippen LogP contribution in [-0.2, 0) is 15.6 Å². The largest absolute Gasteiger partial charge is 0.315 e. The Morgan fingerprint density at radius 3 is 2.75 bits per heavy atom. The number of hydrogen-bond donors (Lipinski definition) is 0. The van der Waals surface area contributed by atoms with Crippen molar-refractivity contribution in [2.75, 3.05) is 16.4 Å². The molecule has 1 fully saturated rings. The number of hydrogen-bond acceptors (Lipinski definition) is 5. The highest BCUT2D eigenvalue weighted by molar-refractivity contribution is 9.10. The second kappa shape index (κ2) is 7.46. The van der Waals surface area contributed by atoms with E-state index in [-0.39, 0.29) is 29.4 Å². The maximum Gasteiger partial charge on any atom is 0.164 e. The van der Waals surface area contributed by atoms with Gasteiger partial charge in [-0.3, -0.25) is 4.99 Å². The summed E-state index contributed by atoms with van der Waals surface area (Å²) in [6.45, 7) is 4.03. The third kappa shape index (κ3) is 3.86. The van der Waals surface area contributed by atoms with Crippen LogP contribution in [-0.4, -0.2) is 37.2 Å². The van der Waals surface area contributed by atoms with E-state index in [1.54, 1.807) is 6.07 Å². The summed E-state index contributed by atoms with van der Waals surface area (Å²) in [6.07, 6.45) is 0. The minimum atomic E-state index is -3.09. The molecule has 0 unspecified atom stereocenters. The van der Waals surface area contributed by atoms with Crippen molar-refractivity contribution >= 4 is 48.4 Å². The van der Waals surface area contributed by atoms with Gasteiger partial charge in [-0.15, -0.1) is 0 Å². The summed E-state index contributed by atoms with van der Waals surface area (Å²) in [4.78, 5) is 6.79. The molecule has 0 aliphatic carbocycles. The third-order valence-electron chi connectivity index (χ3n) is 5.10. The number of thioether (sulfide) groups is 1. The summed E-state index contributed by atoms with van der Waals surface area (Å²) in [7, 11) is -3.09. The van der Waals surface area contributed by atoms with Crippen LogP contribution in [0.15, 0.2) is 45.9 Å². The average molecular weight is 483 g/mol. The van der Waals surface area contributed by atoms with Gasteiger partial charge >= 0.3 is 0 Å². The number of sulfone groups is 1. The number of fused-ring (bicyclic) bond motifs is 1. The fourth-order valence-corrected chi connectivity index (χ4v) is 6.95. The van der Waals surface area contributed by atoms with Crippen LogP contribution in [0, 0.1) is 19.7 Å². The molecule has 0 aromatic heterocycles. The standard InChI is InChI=1S/C20H20BrFN2O2S2/c1-12-3-4-13(2)18(7-12)24-19-11-28(25,26)10-17(19)23-20(24)27-9-14-5-6-15(21)8-16(14)22/h3-8,17,19H,9-11H2,1-2H3/t17-,19-/m1/s1. The molecule has 0 spiro atoms. The van der Waals surface area contributed by atoms with Gasteiger partial charge in [0, 0.05) is 15.9 Å². The van der Waals surface area contributed by atoms with Crippen molar-refractivity contribution in [2.45, 2.75) is 31.7 Å². The van der Waals surface area contributed by atoms with Crippen molar-refractivity contribution in [3.8, 4) is 0 Å². The SMILES string of the molecule is Cc1ccc(C)c(N2C(SCc3ccc(Br)cc3F)=N[C@@H]3CS(=O)(=O)C[C@H]32)c1. The molecule has 4 nitrogen and oxygen atoms in total. The van der Waals surface area contributed by atoms with Crippen molar-refractivity contribution in [1.29, 1.82) is 0 Å². The molecule has 148 valence electrons. The van der Waals surface area contributed by atoms with Gasteiger partial charge in [0.1, 0.15) is 5.82 Å². The third-order valence-corrected chi connectivity index (χ3v) is 8.31. The Morgan fingerprint density at radius 1 is 1.21 bits per heavy atom. The Labute approximate surface area is 177 Å². The predicted octanol–water partition coefficient (Wildman–Crippen LogP) is 4.48. The molecule has 2 aliphatic rings. The van der Waals surface area contributed by atoms with E-state index in [4.69, 9.17) is 4.99 Å². The van der Waals surface area contributed by atoms with Crippen LogP contribution in [0.5, 0.6) is 0 Å². The number of anilines is 1. The van der Waals surface area contributed by atoms with Crippen LogP contribution in [0.1, 0.15) is 16.7 Å². The first-order valence-corrected chi connectivity index (χ1v) is 12.5. The highest BCUT2D eigenvalue weighted by Crippen LogP contribution is 2.37. The first kappa shape index (κ1) is 19.9. The molecule has 0 amide bonds. The molecule has 0 radical (unpaired) electrons. The summed E-state index contributed by atoms with van der Waals surface area (Å²) in [6, 6.07) is 10.7. The van der Waals surface area contributed by atoms with Crippen LogP contribution >= 0.6 is 27.7 Å². The lowest BCUT2D eigenvalue weighted by atomic mass is 10.1. The van der Waals surface area contributed by atoms with Gasteiger partial charge in [0.2, 0.25) is 0 Å². The van der Waals surface area contributed by atoms with Crippen LogP contribution in [0.25, 0.3) is 0 Å². The number of amidine groups is 1. The van der Waals surface area contributed by atoms with Gasteiger partial charge in [-0.25, -0.2) is 12.8 Å². The Balaban J connectivity index is 1.66.